The van der Waals surface area contributed by atoms with Crippen molar-refractivity contribution >= 4 is 10.9 Å². The van der Waals surface area contributed by atoms with Crippen molar-refractivity contribution in [2.75, 3.05) is 0 Å². The van der Waals surface area contributed by atoms with E-state index in [1.165, 1.54) is 0 Å². The number of aromatic nitrogens is 1. The lowest BCUT2D eigenvalue weighted by molar-refractivity contribution is 0.814. The third-order valence-corrected chi connectivity index (χ3v) is 2.68. The minimum atomic E-state index is -0.640. The van der Waals surface area contributed by atoms with Crippen LogP contribution >= 0.6 is 0 Å². The second kappa shape index (κ2) is 4.40. The molecule has 2 aromatic rings. The van der Waals surface area contributed by atoms with E-state index in [2.05, 4.69) is 4.98 Å². The minimum absolute atomic E-state index is 0.174. The van der Waals surface area contributed by atoms with Crippen LogP contribution in [-0.2, 0) is 6.42 Å². The summed E-state index contributed by atoms with van der Waals surface area (Å²) in [5, 5.41) is 9.62. The first kappa shape index (κ1) is 11.4. The zero-order valence-electron chi connectivity index (χ0n) is 9.53. The summed E-state index contributed by atoms with van der Waals surface area (Å²) in [6, 6.07) is 8.90. The van der Waals surface area contributed by atoms with Gasteiger partial charge in [-0.25, -0.2) is 0 Å². The number of hydrogen-bond acceptors (Lipinski definition) is 3. The molecule has 2 rings (SSSR count). The highest BCUT2D eigenvalue weighted by Gasteiger charge is 2.07. The highest BCUT2D eigenvalue weighted by molar-refractivity contribution is 5.79. The third kappa shape index (κ3) is 2.35. The average molecular weight is 227 g/mol. The number of nitriles is 1. The molecule has 4 heteroatoms. The fourth-order valence-corrected chi connectivity index (χ4v) is 1.81. The van der Waals surface area contributed by atoms with E-state index in [0.29, 0.717) is 5.56 Å². The number of nitrogens with zero attached hydrogens (tertiary/aromatic N) is 1. The SMILES string of the molecule is Cc1ccc2[nH]c(=O)c(CC(N)C#N)cc2c1. The molecule has 3 N–H and O–H groups in total. The first-order valence-corrected chi connectivity index (χ1v) is 5.38. The predicted molar refractivity (Wildman–Crippen MR) is 66.6 cm³/mol. The van der Waals surface area contributed by atoms with Crippen LogP contribution in [0.2, 0.25) is 0 Å². The number of aromatic amines is 1. The molecule has 0 fully saturated rings. The maximum atomic E-state index is 11.7. The Morgan fingerprint density at radius 2 is 2.24 bits per heavy atom. The molecule has 86 valence electrons. The van der Waals surface area contributed by atoms with Gasteiger partial charge in [0.15, 0.2) is 0 Å². The number of fused-ring (bicyclic) bond motifs is 1. The summed E-state index contributed by atoms with van der Waals surface area (Å²) >= 11 is 0. The quantitative estimate of drug-likeness (QED) is 0.809. The highest BCUT2D eigenvalue weighted by Crippen LogP contribution is 2.13. The monoisotopic (exact) mass is 227 g/mol. The molecule has 1 aromatic heterocycles. The Labute approximate surface area is 98.7 Å². The standard InChI is InChI=1S/C13H13N3O/c1-8-2-3-12-9(4-8)5-10(13(17)16-12)6-11(15)7-14/h2-5,11H,6,15H2,1H3,(H,16,17). The van der Waals surface area contributed by atoms with E-state index in [9.17, 15) is 4.79 Å². The lowest BCUT2D eigenvalue weighted by atomic mass is 10.1. The third-order valence-electron chi connectivity index (χ3n) is 2.68. The van der Waals surface area contributed by atoms with E-state index in [-0.39, 0.29) is 12.0 Å². The normalized spacial score (nSPS) is 12.3. The van der Waals surface area contributed by atoms with Crippen LogP contribution in [0.15, 0.2) is 29.1 Å². The van der Waals surface area contributed by atoms with E-state index in [1.807, 2.05) is 31.2 Å². The molecule has 0 amide bonds. The van der Waals surface area contributed by atoms with Gasteiger partial charge in [0.2, 0.25) is 0 Å². The number of benzene rings is 1. The van der Waals surface area contributed by atoms with Crippen LogP contribution in [0, 0.1) is 18.3 Å². The molecule has 0 radical (unpaired) electrons. The number of hydrogen-bond donors (Lipinski definition) is 2. The molecule has 0 aliphatic rings. The predicted octanol–water partition coefficient (Wildman–Crippen LogP) is 1.23. The van der Waals surface area contributed by atoms with Gasteiger partial charge < -0.3 is 10.7 Å². The van der Waals surface area contributed by atoms with Gasteiger partial charge in [-0.05, 0) is 30.5 Å². The van der Waals surface area contributed by atoms with Crippen LogP contribution in [0.4, 0.5) is 0 Å². The number of nitrogens with one attached hydrogen (secondary N) is 1. The van der Waals surface area contributed by atoms with Gasteiger partial charge in [0, 0.05) is 17.5 Å². The van der Waals surface area contributed by atoms with Crippen molar-refractivity contribution < 1.29 is 0 Å². The Kier molecular flexibility index (Phi) is 2.94. The van der Waals surface area contributed by atoms with Crippen LogP contribution in [0.1, 0.15) is 11.1 Å². The van der Waals surface area contributed by atoms with E-state index >= 15 is 0 Å². The molecule has 1 heterocycles. The van der Waals surface area contributed by atoms with E-state index in [4.69, 9.17) is 11.0 Å². The van der Waals surface area contributed by atoms with Crippen molar-refractivity contribution in [2.24, 2.45) is 5.73 Å². The zero-order chi connectivity index (χ0) is 12.4. The molecule has 0 saturated heterocycles. The highest BCUT2D eigenvalue weighted by atomic mass is 16.1. The average Bonchev–Trinajstić information content (AvgIpc) is 2.30. The first-order valence-electron chi connectivity index (χ1n) is 5.38. The molecule has 1 aromatic carbocycles. The van der Waals surface area contributed by atoms with E-state index in [0.717, 1.165) is 16.5 Å². The summed E-state index contributed by atoms with van der Waals surface area (Å²) in [4.78, 5) is 14.5. The Balaban J connectivity index is 2.54. The van der Waals surface area contributed by atoms with Gasteiger partial charge in [0.05, 0.1) is 12.1 Å². The Bertz CT molecular complexity index is 652. The Hall–Kier alpha value is -2.12. The molecule has 1 atom stereocenters. The van der Waals surface area contributed by atoms with Crippen molar-refractivity contribution in [3.63, 3.8) is 0 Å². The van der Waals surface area contributed by atoms with Crippen molar-refractivity contribution in [3.8, 4) is 6.07 Å². The number of nitrogens with two attached hydrogens (primary N) is 1. The summed E-state index contributed by atoms with van der Waals surface area (Å²) < 4.78 is 0. The molecular weight excluding hydrogens is 214 g/mol. The van der Waals surface area contributed by atoms with Gasteiger partial charge in [-0.2, -0.15) is 5.26 Å². The topological polar surface area (TPSA) is 82.7 Å². The fraction of sp³-hybridized carbons (Fsp3) is 0.231. The van der Waals surface area contributed by atoms with Crippen LogP contribution in [0.3, 0.4) is 0 Å². The smallest absolute Gasteiger partial charge is 0.251 e. The second-order valence-corrected chi connectivity index (χ2v) is 4.15. The maximum absolute atomic E-state index is 11.7. The van der Waals surface area contributed by atoms with Gasteiger partial charge in [0.25, 0.3) is 5.56 Å². The Morgan fingerprint density at radius 3 is 2.94 bits per heavy atom. The van der Waals surface area contributed by atoms with Crippen LogP contribution in [0.25, 0.3) is 10.9 Å². The number of aryl methyl sites for hydroxylation is 1. The molecule has 17 heavy (non-hydrogen) atoms. The molecule has 0 bridgehead atoms. The van der Waals surface area contributed by atoms with Gasteiger partial charge in [-0.3, -0.25) is 4.79 Å². The van der Waals surface area contributed by atoms with Crippen molar-refractivity contribution in [3.05, 3.63) is 45.7 Å². The van der Waals surface area contributed by atoms with Gasteiger partial charge >= 0.3 is 0 Å². The molecule has 0 aliphatic carbocycles. The van der Waals surface area contributed by atoms with Crippen LogP contribution in [-0.4, -0.2) is 11.0 Å². The van der Waals surface area contributed by atoms with Gasteiger partial charge in [-0.1, -0.05) is 11.6 Å². The van der Waals surface area contributed by atoms with Gasteiger partial charge in [0.1, 0.15) is 0 Å². The lowest BCUT2D eigenvalue weighted by Gasteiger charge is -2.05. The van der Waals surface area contributed by atoms with Crippen molar-refractivity contribution in [2.45, 2.75) is 19.4 Å². The summed E-state index contributed by atoms with van der Waals surface area (Å²) in [6.07, 6.45) is 0.274. The molecule has 0 spiro atoms. The molecular formula is C13H13N3O. The second-order valence-electron chi connectivity index (χ2n) is 4.15. The first-order chi connectivity index (χ1) is 8.10. The Morgan fingerprint density at radius 1 is 1.47 bits per heavy atom. The molecule has 0 saturated carbocycles. The van der Waals surface area contributed by atoms with Crippen LogP contribution in [0.5, 0.6) is 0 Å². The summed E-state index contributed by atoms with van der Waals surface area (Å²) in [7, 11) is 0. The molecule has 1 unspecified atom stereocenters. The van der Waals surface area contributed by atoms with Gasteiger partial charge in [-0.15, -0.1) is 0 Å². The number of rotatable bonds is 2. The number of H-pyrrole nitrogens is 1. The maximum Gasteiger partial charge on any atom is 0.251 e. The van der Waals surface area contributed by atoms with E-state index < -0.39 is 6.04 Å². The summed E-state index contributed by atoms with van der Waals surface area (Å²) in [5.41, 5.74) is 7.84. The summed E-state index contributed by atoms with van der Waals surface area (Å²) in [6.45, 7) is 1.99. The van der Waals surface area contributed by atoms with Crippen molar-refractivity contribution in [1.29, 1.82) is 5.26 Å². The minimum Gasteiger partial charge on any atom is -0.322 e. The molecule has 4 nitrogen and oxygen atoms in total. The number of pyridine rings is 1. The fourth-order valence-electron chi connectivity index (χ4n) is 1.81. The largest absolute Gasteiger partial charge is 0.322 e. The lowest BCUT2D eigenvalue weighted by Crippen LogP contribution is -2.25. The van der Waals surface area contributed by atoms with Crippen molar-refractivity contribution in [1.82, 2.24) is 4.98 Å². The van der Waals surface area contributed by atoms with E-state index in [1.54, 1.807) is 6.07 Å². The van der Waals surface area contributed by atoms with Crippen LogP contribution < -0.4 is 11.3 Å². The zero-order valence-corrected chi connectivity index (χ0v) is 9.53. The summed E-state index contributed by atoms with van der Waals surface area (Å²) in [5.74, 6) is 0. The molecule has 0 aliphatic heterocycles.